The molecular formula is C14H16BrFN2O. The molecule has 1 heterocycles. The lowest BCUT2D eigenvalue weighted by Gasteiger charge is -2.14. The molecule has 1 unspecified atom stereocenters. The molecule has 102 valence electrons. The van der Waals surface area contributed by atoms with Crippen molar-refractivity contribution in [3.63, 3.8) is 0 Å². The Bertz CT molecular complexity index is 583. The predicted molar refractivity (Wildman–Crippen MR) is 75.4 cm³/mol. The Balaban J connectivity index is 2.46. The van der Waals surface area contributed by atoms with E-state index in [2.05, 4.69) is 21.0 Å². The van der Waals surface area contributed by atoms with Gasteiger partial charge in [0.05, 0.1) is 15.9 Å². The molecule has 0 bridgehead atoms. The van der Waals surface area contributed by atoms with Crippen molar-refractivity contribution in [3.05, 3.63) is 51.5 Å². The van der Waals surface area contributed by atoms with Crippen LogP contribution in [0.1, 0.15) is 36.9 Å². The fraction of sp³-hybridized carbons (Fsp3) is 0.357. The molecule has 1 N–H and O–H groups in total. The van der Waals surface area contributed by atoms with E-state index < -0.39 is 11.9 Å². The van der Waals surface area contributed by atoms with Crippen LogP contribution in [0.3, 0.4) is 0 Å². The maximum atomic E-state index is 14.0. The lowest BCUT2D eigenvalue weighted by Crippen LogP contribution is -2.10. The summed E-state index contributed by atoms with van der Waals surface area (Å²) in [7, 11) is 0. The highest BCUT2D eigenvalue weighted by Crippen LogP contribution is 2.28. The summed E-state index contributed by atoms with van der Waals surface area (Å²) in [6.45, 7) is 4.58. The molecule has 19 heavy (non-hydrogen) atoms. The summed E-state index contributed by atoms with van der Waals surface area (Å²) in [4.78, 5) is 0. The first kappa shape index (κ1) is 14.2. The van der Waals surface area contributed by atoms with Gasteiger partial charge in [0.2, 0.25) is 0 Å². The number of aryl methyl sites for hydroxylation is 2. The molecule has 0 aliphatic carbocycles. The molecular weight excluding hydrogens is 311 g/mol. The number of aliphatic hydroxyl groups is 1. The number of nitrogens with zero attached hydrogens (tertiary/aromatic N) is 2. The van der Waals surface area contributed by atoms with Crippen LogP contribution < -0.4 is 0 Å². The van der Waals surface area contributed by atoms with E-state index in [1.165, 1.54) is 0 Å². The summed E-state index contributed by atoms with van der Waals surface area (Å²) in [5, 5.41) is 14.8. The average molecular weight is 327 g/mol. The SMILES string of the molecule is CCc1cc(C(O)c2cccc(Br)c2F)n(CC)n1. The zero-order chi connectivity index (χ0) is 14.0. The Morgan fingerprint density at radius 3 is 2.79 bits per heavy atom. The minimum absolute atomic E-state index is 0.256. The Kier molecular flexibility index (Phi) is 4.37. The molecule has 2 rings (SSSR count). The van der Waals surface area contributed by atoms with E-state index in [9.17, 15) is 9.50 Å². The van der Waals surface area contributed by atoms with Gasteiger partial charge < -0.3 is 5.11 Å². The smallest absolute Gasteiger partial charge is 0.143 e. The lowest BCUT2D eigenvalue weighted by atomic mass is 10.1. The highest BCUT2D eigenvalue weighted by Gasteiger charge is 2.21. The van der Waals surface area contributed by atoms with Gasteiger partial charge in [-0.2, -0.15) is 5.10 Å². The van der Waals surface area contributed by atoms with E-state index >= 15 is 0 Å². The molecule has 0 fully saturated rings. The largest absolute Gasteiger partial charge is 0.382 e. The summed E-state index contributed by atoms with van der Waals surface area (Å²) in [5.41, 5.74) is 1.77. The van der Waals surface area contributed by atoms with E-state index in [1.54, 1.807) is 22.9 Å². The third-order valence-corrected chi connectivity index (χ3v) is 3.69. The van der Waals surface area contributed by atoms with Crippen molar-refractivity contribution in [2.24, 2.45) is 0 Å². The van der Waals surface area contributed by atoms with Crippen LogP contribution in [0, 0.1) is 5.82 Å². The molecule has 5 heteroatoms. The highest BCUT2D eigenvalue weighted by molar-refractivity contribution is 9.10. The molecule has 0 aliphatic rings. The van der Waals surface area contributed by atoms with Gasteiger partial charge in [-0.3, -0.25) is 4.68 Å². The molecule has 1 atom stereocenters. The van der Waals surface area contributed by atoms with Crippen molar-refractivity contribution in [1.82, 2.24) is 9.78 Å². The van der Waals surface area contributed by atoms with E-state index in [4.69, 9.17) is 0 Å². The zero-order valence-electron chi connectivity index (χ0n) is 10.9. The van der Waals surface area contributed by atoms with Crippen molar-refractivity contribution >= 4 is 15.9 Å². The Hall–Kier alpha value is -1.20. The number of aromatic nitrogens is 2. The molecule has 2 aromatic rings. The van der Waals surface area contributed by atoms with Gasteiger partial charge in [-0.25, -0.2) is 4.39 Å². The fourth-order valence-electron chi connectivity index (χ4n) is 2.02. The predicted octanol–water partition coefficient (Wildman–Crippen LogP) is 3.45. The Morgan fingerprint density at radius 1 is 1.42 bits per heavy atom. The molecule has 0 amide bonds. The molecule has 0 saturated heterocycles. The van der Waals surface area contributed by atoms with Crippen LogP contribution >= 0.6 is 15.9 Å². The third kappa shape index (κ3) is 2.72. The fourth-order valence-corrected chi connectivity index (χ4v) is 2.41. The van der Waals surface area contributed by atoms with E-state index in [0.29, 0.717) is 16.7 Å². The standard InChI is InChI=1S/C14H16BrFN2O/c1-3-9-8-12(18(4-2)17-9)14(19)10-6-5-7-11(15)13(10)16/h5-8,14,19H,3-4H2,1-2H3. The summed E-state index contributed by atoms with van der Waals surface area (Å²) in [5.74, 6) is -0.433. The number of benzene rings is 1. The van der Waals surface area contributed by atoms with Crippen LogP contribution in [0.2, 0.25) is 0 Å². The van der Waals surface area contributed by atoms with E-state index in [1.807, 2.05) is 19.9 Å². The molecule has 0 spiro atoms. The molecule has 3 nitrogen and oxygen atoms in total. The van der Waals surface area contributed by atoms with Gasteiger partial charge in [0.25, 0.3) is 0 Å². The normalized spacial score (nSPS) is 12.7. The second-order valence-corrected chi connectivity index (χ2v) is 5.13. The van der Waals surface area contributed by atoms with Crippen LogP contribution in [0.4, 0.5) is 4.39 Å². The van der Waals surface area contributed by atoms with Crippen molar-refractivity contribution < 1.29 is 9.50 Å². The number of rotatable bonds is 4. The lowest BCUT2D eigenvalue weighted by molar-refractivity contribution is 0.203. The minimum Gasteiger partial charge on any atom is -0.382 e. The highest BCUT2D eigenvalue weighted by atomic mass is 79.9. The summed E-state index contributed by atoms with van der Waals surface area (Å²) in [6, 6.07) is 6.73. The van der Waals surface area contributed by atoms with Gasteiger partial charge >= 0.3 is 0 Å². The van der Waals surface area contributed by atoms with E-state index in [-0.39, 0.29) is 5.56 Å². The van der Waals surface area contributed by atoms with Crippen LogP contribution in [0.5, 0.6) is 0 Å². The van der Waals surface area contributed by atoms with Gasteiger partial charge in [-0.15, -0.1) is 0 Å². The molecule has 1 aromatic carbocycles. The topological polar surface area (TPSA) is 38.0 Å². The molecule has 0 saturated carbocycles. The average Bonchev–Trinajstić information content (AvgIpc) is 2.84. The number of hydrogen-bond acceptors (Lipinski definition) is 2. The number of aliphatic hydroxyl groups excluding tert-OH is 1. The van der Waals surface area contributed by atoms with Gasteiger partial charge in [-0.05, 0) is 41.4 Å². The van der Waals surface area contributed by atoms with Gasteiger partial charge in [0, 0.05) is 12.1 Å². The van der Waals surface area contributed by atoms with Crippen molar-refractivity contribution in [2.45, 2.75) is 32.9 Å². The minimum atomic E-state index is -1.01. The first-order valence-electron chi connectivity index (χ1n) is 6.27. The maximum Gasteiger partial charge on any atom is 0.143 e. The second kappa shape index (κ2) is 5.84. The Morgan fingerprint density at radius 2 is 2.16 bits per heavy atom. The second-order valence-electron chi connectivity index (χ2n) is 4.28. The maximum absolute atomic E-state index is 14.0. The zero-order valence-corrected chi connectivity index (χ0v) is 12.5. The van der Waals surface area contributed by atoms with Crippen molar-refractivity contribution in [3.8, 4) is 0 Å². The number of hydrogen-bond donors (Lipinski definition) is 1. The summed E-state index contributed by atoms with van der Waals surface area (Å²) < 4.78 is 16.1. The first-order valence-corrected chi connectivity index (χ1v) is 7.06. The van der Waals surface area contributed by atoms with Crippen LogP contribution in [-0.4, -0.2) is 14.9 Å². The molecule has 1 aromatic heterocycles. The third-order valence-electron chi connectivity index (χ3n) is 3.08. The quantitative estimate of drug-likeness (QED) is 0.934. The molecule has 0 radical (unpaired) electrons. The van der Waals surface area contributed by atoms with Crippen molar-refractivity contribution in [1.29, 1.82) is 0 Å². The van der Waals surface area contributed by atoms with E-state index in [0.717, 1.165) is 12.1 Å². The van der Waals surface area contributed by atoms with Gasteiger partial charge in [0.15, 0.2) is 0 Å². The van der Waals surface area contributed by atoms with Gasteiger partial charge in [-0.1, -0.05) is 19.1 Å². The van der Waals surface area contributed by atoms with Crippen molar-refractivity contribution in [2.75, 3.05) is 0 Å². The molecule has 0 aliphatic heterocycles. The van der Waals surface area contributed by atoms with Gasteiger partial charge in [0.1, 0.15) is 11.9 Å². The van der Waals surface area contributed by atoms with Crippen LogP contribution in [-0.2, 0) is 13.0 Å². The summed E-state index contributed by atoms with van der Waals surface area (Å²) >= 11 is 3.13. The van der Waals surface area contributed by atoms with Crippen LogP contribution in [0.25, 0.3) is 0 Å². The first-order chi connectivity index (χ1) is 9.08. The Labute approximate surface area is 120 Å². The monoisotopic (exact) mass is 326 g/mol. The summed E-state index contributed by atoms with van der Waals surface area (Å²) in [6.07, 6.45) is -0.224. The van der Waals surface area contributed by atoms with Crippen LogP contribution in [0.15, 0.2) is 28.7 Å². The number of halogens is 2.